The van der Waals surface area contributed by atoms with Crippen LogP contribution in [0.3, 0.4) is 0 Å². The van der Waals surface area contributed by atoms with Crippen molar-refractivity contribution in [3.63, 3.8) is 0 Å². The summed E-state index contributed by atoms with van der Waals surface area (Å²) in [5.41, 5.74) is 9.67. The van der Waals surface area contributed by atoms with E-state index >= 15 is 0 Å². The van der Waals surface area contributed by atoms with Gasteiger partial charge in [-0.15, -0.1) is 0 Å². The third-order valence-electron chi connectivity index (χ3n) is 6.37. The molecule has 1 aromatic carbocycles. The normalized spacial score (nSPS) is 34.4. The number of carbonyl (C=O) groups is 3. The molecule has 10 atom stereocenters. The van der Waals surface area contributed by atoms with E-state index < -0.39 is 79.0 Å². The molecule has 0 saturated carbocycles. The molecule has 15 heteroatoms. The number of aliphatic hydroxyl groups excluding tert-OH is 1. The largest absolute Gasteiger partial charge is 0.479 e. The minimum Gasteiger partial charge on any atom is -0.479 e. The van der Waals surface area contributed by atoms with E-state index in [-0.39, 0.29) is 6.61 Å². The number of nitrogens with zero attached hydrogens (tertiary/aromatic N) is 3. The van der Waals surface area contributed by atoms with Crippen molar-refractivity contribution in [1.82, 2.24) is 10.6 Å². The van der Waals surface area contributed by atoms with Crippen LogP contribution in [0.15, 0.2) is 35.4 Å². The predicted molar refractivity (Wildman–Crippen MR) is 132 cm³/mol. The molecule has 3 rings (SSSR count). The van der Waals surface area contributed by atoms with Gasteiger partial charge in [0.1, 0.15) is 24.3 Å². The molecule has 2 saturated heterocycles. The van der Waals surface area contributed by atoms with Gasteiger partial charge in [0.25, 0.3) is 0 Å². The molecule has 0 bridgehead atoms. The summed E-state index contributed by atoms with van der Waals surface area (Å²) in [5.74, 6) is -2.42. The molecule has 214 valence electrons. The van der Waals surface area contributed by atoms with Gasteiger partial charge in [0.2, 0.25) is 11.8 Å². The second-order valence-corrected chi connectivity index (χ2v) is 9.21. The summed E-state index contributed by atoms with van der Waals surface area (Å²) < 4.78 is 29.1. The van der Waals surface area contributed by atoms with Crippen molar-refractivity contribution in [1.29, 1.82) is 0 Å². The number of benzene rings is 1. The highest BCUT2D eigenvalue weighted by Gasteiger charge is 2.54. The summed E-state index contributed by atoms with van der Waals surface area (Å²) in [4.78, 5) is 39.1. The zero-order chi connectivity index (χ0) is 28.7. The van der Waals surface area contributed by atoms with Crippen LogP contribution >= 0.6 is 0 Å². The zero-order valence-electron chi connectivity index (χ0n) is 21.9. The molecule has 2 aliphatic heterocycles. The van der Waals surface area contributed by atoms with Gasteiger partial charge in [-0.05, 0) is 18.0 Å². The molecule has 0 aliphatic carbocycles. The third kappa shape index (κ3) is 7.42. The Kier molecular flexibility index (Phi) is 10.6. The molecular formula is C24H33N5O10. The van der Waals surface area contributed by atoms with E-state index in [0.29, 0.717) is 0 Å². The number of hydrogen-bond acceptors (Lipinski definition) is 10. The van der Waals surface area contributed by atoms with Crippen molar-refractivity contribution in [2.24, 2.45) is 5.11 Å². The van der Waals surface area contributed by atoms with E-state index in [1.54, 1.807) is 24.3 Å². The topological polar surface area (TPSA) is 211 Å². The molecule has 1 aromatic rings. The summed E-state index contributed by atoms with van der Waals surface area (Å²) in [5, 5.41) is 29.7. The summed E-state index contributed by atoms with van der Waals surface area (Å²) in [6.07, 6.45) is -9.19. The van der Waals surface area contributed by atoms with Crippen LogP contribution in [-0.4, -0.2) is 96.3 Å². The van der Waals surface area contributed by atoms with Crippen molar-refractivity contribution in [3.8, 4) is 0 Å². The Morgan fingerprint density at radius 3 is 2.26 bits per heavy atom. The standard InChI is InChI=1S/C24H33N5O10/c1-11-15(28-29-25)18(32)16(26-12(2)30)24(37-11)38-20-19(36-10-14-8-6-5-7-9-14)17(27-13(3)31)23(35-4)39-21(20)22(33)34/h5-9,11,15-21,23-24,32H,10H2,1-4H3,(H,26,30)(H,27,31)(H,33,34)/t11-,15+,16-,17+,18+,19+,20+,21+,23+,24+/m1/s1. The molecule has 0 unspecified atom stereocenters. The van der Waals surface area contributed by atoms with Gasteiger partial charge < -0.3 is 44.5 Å². The van der Waals surface area contributed by atoms with E-state index in [4.69, 9.17) is 29.2 Å². The minimum atomic E-state index is -1.66. The molecule has 2 amide bonds. The van der Waals surface area contributed by atoms with E-state index in [1.807, 2.05) is 6.07 Å². The van der Waals surface area contributed by atoms with Crippen LogP contribution in [0.2, 0.25) is 0 Å². The Hall–Kier alpha value is -3.30. The number of carboxylic acids is 1. The number of ether oxygens (including phenoxy) is 5. The number of rotatable bonds is 10. The van der Waals surface area contributed by atoms with Crippen molar-refractivity contribution in [3.05, 3.63) is 46.3 Å². The number of azide groups is 1. The van der Waals surface area contributed by atoms with E-state index in [9.17, 15) is 24.6 Å². The van der Waals surface area contributed by atoms with E-state index in [0.717, 1.165) is 5.56 Å². The van der Waals surface area contributed by atoms with Crippen LogP contribution in [0.1, 0.15) is 26.3 Å². The summed E-state index contributed by atoms with van der Waals surface area (Å²) in [6, 6.07) is 5.69. The van der Waals surface area contributed by atoms with Gasteiger partial charge in [-0.3, -0.25) is 9.59 Å². The number of hydrogen-bond donors (Lipinski definition) is 4. The molecule has 0 aromatic heterocycles. The first kappa shape index (κ1) is 30.2. The molecule has 39 heavy (non-hydrogen) atoms. The van der Waals surface area contributed by atoms with Gasteiger partial charge in [0, 0.05) is 25.9 Å². The number of amides is 2. The third-order valence-corrected chi connectivity index (χ3v) is 6.37. The molecule has 4 N–H and O–H groups in total. The van der Waals surface area contributed by atoms with Crippen molar-refractivity contribution in [2.45, 2.75) is 88.6 Å². The van der Waals surface area contributed by atoms with E-state index in [1.165, 1.54) is 27.9 Å². The number of carboxylic acid groups (broad SMARTS) is 1. The van der Waals surface area contributed by atoms with Gasteiger partial charge in [-0.2, -0.15) is 0 Å². The lowest BCUT2D eigenvalue weighted by Gasteiger charge is -2.48. The second kappa shape index (κ2) is 13.7. The average molecular weight is 552 g/mol. The average Bonchev–Trinajstić information content (AvgIpc) is 2.88. The maximum absolute atomic E-state index is 12.3. The number of aliphatic carboxylic acids is 1. The van der Waals surface area contributed by atoms with Gasteiger partial charge in [-0.25, -0.2) is 4.79 Å². The first-order valence-corrected chi connectivity index (χ1v) is 12.2. The summed E-state index contributed by atoms with van der Waals surface area (Å²) >= 11 is 0. The Morgan fingerprint density at radius 1 is 1.05 bits per heavy atom. The number of methoxy groups -OCH3 is 1. The predicted octanol–water partition coefficient (Wildman–Crippen LogP) is 0.207. The maximum Gasteiger partial charge on any atom is 0.335 e. The summed E-state index contributed by atoms with van der Waals surface area (Å²) in [6.45, 7) is 4.02. The van der Waals surface area contributed by atoms with E-state index in [2.05, 4.69) is 20.7 Å². The summed E-state index contributed by atoms with van der Waals surface area (Å²) in [7, 11) is 1.29. The quantitative estimate of drug-likeness (QED) is 0.176. The Balaban J connectivity index is 2.00. The van der Waals surface area contributed by atoms with Gasteiger partial charge >= 0.3 is 5.97 Å². The minimum absolute atomic E-state index is 0.0167. The molecule has 2 aliphatic rings. The number of aliphatic hydroxyl groups is 1. The van der Waals surface area contributed by atoms with Crippen LogP contribution in [0.4, 0.5) is 0 Å². The van der Waals surface area contributed by atoms with Crippen LogP contribution in [0.25, 0.3) is 10.4 Å². The molecular weight excluding hydrogens is 518 g/mol. The molecule has 2 heterocycles. The lowest BCUT2D eigenvalue weighted by molar-refractivity contribution is -0.318. The van der Waals surface area contributed by atoms with Crippen molar-refractivity contribution < 1.29 is 48.3 Å². The smallest absolute Gasteiger partial charge is 0.335 e. The number of nitrogens with one attached hydrogen (secondary N) is 2. The fourth-order valence-corrected chi connectivity index (χ4v) is 4.65. The molecule has 15 nitrogen and oxygen atoms in total. The second-order valence-electron chi connectivity index (χ2n) is 9.21. The lowest BCUT2D eigenvalue weighted by atomic mass is 9.93. The lowest BCUT2D eigenvalue weighted by Crippen LogP contribution is -2.69. The van der Waals surface area contributed by atoms with Crippen molar-refractivity contribution in [2.75, 3.05) is 7.11 Å². The van der Waals surface area contributed by atoms with Gasteiger partial charge in [0.05, 0.1) is 24.9 Å². The monoisotopic (exact) mass is 551 g/mol. The SMILES string of the molecule is CO[C@H]1O[C@H](C(=O)O)[C@@H](O[C@@H]2O[C@H](C)[C@H](N=[N+]=[N-])[C@H](O)[C@H]2NC(C)=O)[C@@H](OCc2ccccc2)[C@@H]1NC(C)=O. The highest BCUT2D eigenvalue weighted by atomic mass is 16.7. The Labute approximate surface area is 224 Å². The van der Waals surface area contributed by atoms with Crippen molar-refractivity contribution >= 4 is 17.8 Å². The fraction of sp³-hybridized carbons (Fsp3) is 0.625. The van der Waals surface area contributed by atoms with Crippen LogP contribution < -0.4 is 10.6 Å². The number of carbonyl (C=O) groups excluding carboxylic acids is 2. The Morgan fingerprint density at radius 2 is 1.69 bits per heavy atom. The van der Waals surface area contributed by atoms with Crippen LogP contribution in [0, 0.1) is 0 Å². The zero-order valence-corrected chi connectivity index (χ0v) is 21.9. The van der Waals surface area contributed by atoms with Gasteiger partial charge in [-0.1, -0.05) is 35.4 Å². The highest BCUT2D eigenvalue weighted by molar-refractivity contribution is 5.75. The first-order valence-electron chi connectivity index (χ1n) is 12.2. The Bertz CT molecular complexity index is 1050. The highest BCUT2D eigenvalue weighted by Crippen LogP contribution is 2.32. The van der Waals surface area contributed by atoms with Crippen LogP contribution in [0.5, 0.6) is 0 Å². The van der Waals surface area contributed by atoms with Crippen LogP contribution in [-0.2, 0) is 44.7 Å². The molecule has 0 spiro atoms. The molecule has 2 fully saturated rings. The molecule has 0 radical (unpaired) electrons. The van der Waals surface area contributed by atoms with Gasteiger partial charge in [0.15, 0.2) is 18.7 Å². The maximum atomic E-state index is 12.3. The fourth-order valence-electron chi connectivity index (χ4n) is 4.65. The first-order chi connectivity index (χ1) is 18.6.